The number of sulfonamides is 1. The van der Waals surface area contributed by atoms with Crippen LogP contribution < -0.4 is 10.5 Å². The van der Waals surface area contributed by atoms with Crippen molar-refractivity contribution in [3.05, 3.63) is 29.8 Å². The lowest BCUT2D eigenvalue weighted by Crippen LogP contribution is -2.46. The Morgan fingerprint density at radius 2 is 2.12 bits per heavy atom. The summed E-state index contributed by atoms with van der Waals surface area (Å²) < 4.78 is 28.4. The van der Waals surface area contributed by atoms with Crippen molar-refractivity contribution < 1.29 is 13.2 Å². The summed E-state index contributed by atoms with van der Waals surface area (Å²) in [5.41, 5.74) is 0.849. The summed E-state index contributed by atoms with van der Waals surface area (Å²) in [7, 11) is -1.92. The van der Waals surface area contributed by atoms with Crippen molar-refractivity contribution >= 4 is 16.0 Å². The highest BCUT2D eigenvalue weighted by Crippen LogP contribution is 2.17. The van der Waals surface area contributed by atoms with E-state index >= 15 is 0 Å². The molecule has 3 N–H and O–H groups in total. The lowest BCUT2D eigenvalue weighted by atomic mass is 10.2. The van der Waals surface area contributed by atoms with Gasteiger partial charge in [-0.1, -0.05) is 12.1 Å². The number of likely N-dealkylation sites (tertiary alicyclic amines) is 1. The van der Waals surface area contributed by atoms with Crippen LogP contribution in [0.15, 0.2) is 34.2 Å². The topological polar surface area (TPSA) is 100 Å². The van der Waals surface area contributed by atoms with E-state index in [0.29, 0.717) is 12.6 Å². The van der Waals surface area contributed by atoms with Crippen LogP contribution >= 0.6 is 0 Å². The SMILES string of the molecule is CN=C(NCc1cccc(S(N)(=O)=O)c1)N1CCC(N2CCOCC2)C1. The van der Waals surface area contributed by atoms with Crippen molar-refractivity contribution in [3.8, 4) is 0 Å². The number of aliphatic imine (C=N–C) groups is 1. The van der Waals surface area contributed by atoms with Crippen LogP contribution in [-0.4, -0.2) is 76.7 Å². The molecule has 2 aliphatic heterocycles. The summed E-state index contributed by atoms with van der Waals surface area (Å²) in [4.78, 5) is 9.25. The van der Waals surface area contributed by atoms with Gasteiger partial charge in [-0.2, -0.15) is 0 Å². The molecule has 2 aliphatic rings. The van der Waals surface area contributed by atoms with Gasteiger partial charge in [0.1, 0.15) is 0 Å². The molecule has 2 heterocycles. The number of nitrogens with two attached hydrogens (primary N) is 1. The van der Waals surface area contributed by atoms with Gasteiger partial charge in [-0.3, -0.25) is 9.89 Å². The molecule has 9 heteroatoms. The molecule has 1 aromatic carbocycles. The Labute approximate surface area is 155 Å². The van der Waals surface area contributed by atoms with E-state index in [2.05, 4.69) is 20.1 Å². The molecule has 0 saturated carbocycles. The van der Waals surface area contributed by atoms with E-state index in [-0.39, 0.29) is 4.90 Å². The number of hydrogen-bond donors (Lipinski definition) is 2. The van der Waals surface area contributed by atoms with Crippen LogP contribution in [0.4, 0.5) is 0 Å². The predicted molar refractivity (Wildman–Crippen MR) is 100 cm³/mol. The number of nitrogens with one attached hydrogen (secondary N) is 1. The highest BCUT2D eigenvalue weighted by Gasteiger charge is 2.30. The minimum absolute atomic E-state index is 0.125. The molecule has 0 amide bonds. The first-order valence-corrected chi connectivity index (χ1v) is 10.4. The lowest BCUT2D eigenvalue weighted by molar-refractivity contribution is 0.0195. The maximum atomic E-state index is 11.5. The van der Waals surface area contributed by atoms with Crippen LogP contribution in [0.1, 0.15) is 12.0 Å². The minimum Gasteiger partial charge on any atom is -0.379 e. The molecule has 0 bridgehead atoms. The van der Waals surface area contributed by atoms with Gasteiger partial charge >= 0.3 is 0 Å². The first kappa shape index (κ1) is 19.1. The molecule has 0 aromatic heterocycles. The zero-order valence-electron chi connectivity index (χ0n) is 15.1. The van der Waals surface area contributed by atoms with E-state index in [1.54, 1.807) is 19.2 Å². The van der Waals surface area contributed by atoms with Crippen molar-refractivity contribution in [2.75, 3.05) is 46.4 Å². The maximum absolute atomic E-state index is 11.5. The van der Waals surface area contributed by atoms with Crippen LogP contribution in [0.5, 0.6) is 0 Å². The van der Waals surface area contributed by atoms with Crippen LogP contribution in [-0.2, 0) is 21.3 Å². The second kappa shape index (κ2) is 8.34. The van der Waals surface area contributed by atoms with Crippen LogP contribution in [0.25, 0.3) is 0 Å². The smallest absolute Gasteiger partial charge is 0.238 e. The maximum Gasteiger partial charge on any atom is 0.238 e. The largest absolute Gasteiger partial charge is 0.379 e. The summed E-state index contributed by atoms with van der Waals surface area (Å²) in [6.45, 7) is 5.99. The Hall–Kier alpha value is -1.68. The third-order valence-corrected chi connectivity index (χ3v) is 5.83. The van der Waals surface area contributed by atoms with Gasteiger partial charge < -0.3 is 15.0 Å². The van der Waals surface area contributed by atoms with E-state index in [1.807, 2.05) is 6.07 Å². The Bertz CT molecular complexity index is 747. The molecule has 0 aliphatic carbocycles. The van der Waals surface area contributed by atoms with Gasteiger partial charge in [-0.05, 0) is 24.1 Å². The summed E-state index contributed by atoms with van der Waals surface area (Å²) in [5.74, 6) is 0.835. The van der Waals surface area contributed by atoms with Gasteiger partial charge in [0.05, 0.1) is 18.1 Å². The van der Waals surface area contributed by atoms with Gasteiger partial charge in [0.2, 0.25) is 10.0 Å². The fourth-order valence-corrected chi connectivity index (χ4v) is 4.10. The van der Waals surface area contributed by atoms with Gasteiger partial charge in [-0.25, -0.2) is 13.6 Å². The van der Waals surface area contributed by atoms with E-state index in [0.717, 1.165) is 57.3 Å². The Morgan fingerprint density at radius 1 is 1.35 bits per heavy atom. The normalized spacial score (nSPS) is 22.6. The summed E-state index contributed by atoms with van der Waals surface area (Å²) >= 11 is 0. The number of primary sulfonamides is 1. The highest BCUT2D eigenvalue weighted by atomic mass is 32.2. The van der Waals surface area contributed by atoms with Gasteiger partial charge in [0, 0.05) is 45.8 Å². The molecule has 2 fully saturated rings. The molecule has 8 nitrogen and oxygen atoms in total. The molecule has 1 aromatic rings. The first-order chi connectivity index (χ1) is 12.5. The molecule has 0 spiro atoms. The molecule has 0 radical (unpaired) electrons. The van der Waals surface area contributed by atoms with Crippen molar-refractivity contribution in [1.29, 1.82) is 0 Å². The van der Waals surface area contributed by atoms with Crippen molar-refractivity contribution in [2.45, 2.75) is 23.9 Å². The lowest BCUT2D eigenvalue weighted by Gasteiger charge is -2.32. The third-order valence-electron chi connectivity index (χ3n) is 4.91. The number of hydrogen-bond acceptors (Lipinski definition) is 5. The summed E-state index contributed by atoms with van der Waals surface area (Å²) in [5, 5.41) is 8.53. The van der Waals surface area contributed by atoms with Gasteiger partial charge in [0.15, 0.2) is 5.96 Å². The zero-order chi connectivity index (χ0) is 18.6. The molecule has 1 atom stereocenters. The second-order valence-electron chi connectivity index (χ2n) is 6.63. The van der Waals surface area contributed by atoms with Crippen molar-refractivity contribution in [2.24, 2.45) is 10.1 Å². The average Bonchev–Trinajstić information content (AvgIpc) is 3.13. The minimum atomic E-state index is -3.69. The molecule has 26 heavy (non-hydrogen) atoms. The molecular formula is C17H27N5O3S. The number of benzene rings is 1. The number of morpholine rings is 1. The Morgan fingerprint density at radius 3 is 2.81 bits per heavy atom. The quantitative estimate of drug-likeness (QED) is 0.554. The third kappa shape index (κ3) is 4.73. The second-order valence-corrected chi connectivity index (χ2v) is 8.19. The van der Waals surface area contributed by atoms with E-state index < -0.39 is 10.0 Å². The fourth-order valence-electron chi connectivity index (χ4n) is 3.52. The first-order valence-electron chi connectivity index (χ1n) is 8.86. The van der Waals surface area contributed by atoms with Crippen molar-refractivity contribution in [3.63, 3.8) is 0 Å². The van der Waals surface area contributed by atoms with Crippen LogP contribution in [0.3, 0.4) is 0 Å². The number of guanidine groups is 1. The summed E-state index contributed by atoms with van der Waals surface area (Å²) in [6, 6.07) is 7.19. The van der Waals surface area contributed by atoms with Crippen LogP contribution in [0.2, 0.25) is 0 Å². The molecular weight excluding hydrogens is 354 g/mol. The Balaban J connectivity index is 1.57. The van der Waals surface area contributed by atoms with Gasteiger partial charge in [0.25, 0.3) is 0 Å². The van der Waals surface area contributed by atoms with Crippen LogP contribution in [0, 0.1) is 0 Å². The number of nitrogens with zero attached hydrogens (tertiary/aromatic N) is 3. The predicted octanol–water partition coefficient (Wildman–Crippen LogP) is -0.184. The molecule has 144 valence electrons. The standard InChI is InChI=1S/C17H27N5O3S/c1-19-17(20-12-14-3-2-4-16(11-14)26(18,23)24)22-6-5-15(13-22)21-7-9-25-10-8-21/h2-4,11,15H,5-10,12-13H2,1H3,(H,19,20)(H2,18,23,24). The molecule has 3 rings (SSSR count). The molecule has 1 unspecified atom stereocenters. The number of ether oxygens (including phenoxy) is 1. The Kier molecular flexibility index (Phi) is 6.13. The fraction of sp³-hybridized carbons (Fsp3) is 0.588. The average molecular weight is 382 g/mol. The van der Waals surface area contributed by atoms with Gasteiger partial charge in [-0.15, -0.1) is 0 Å². The monoisotopic (exact) mass is 381 g/mol. The van der Waals surface area contributed by atoms with Crippen molar-refractivity contribution in [1.82, 2.24) is 15.1 Å². The van der Waals surface area contributed by atoms with E-state index in [9.17, 15) is 8.42 Å². The highest BCUT2D eigenvalue weighted by molar-refractivity contribution is 7.89. The van der Waals surface area contributed by atoms with E-state index in [4.69, 9.17) is 9.88 Å². The number of rotatable bonds is 4. The van der Waals surface area contributed by atoms with E-state index in [1.165, 1.54) is 6.07 Å². The zero-order valence-corrected chi connectivity index (χ0v) is 15.9. The summed E-state index contributed by atoms with van der Waals surface area (Å²) in [6.07, 6.45) is 1.11. The molecule has 2 saturated heterocycles.